The van der Waals surface area contributed by atoms with Gasteiger partial charge < -0.3 is 5.11 Å². The van der Waals surface area contributed by atoms with E-state index in [1.165, 1.54) is 22.7 Å². The van der Waals surface area contributed by atoms with Gasteiger partial charge in [-0.3, -0.25) is 0 Å². The van der Waals surface area contributed by atoms with Crippen molar-refractivity contribution in [3.05, 3.63) is 34.9 Å². The van der Waals surface area contributed by atoms with Crippen molar-refractivity contribution in [1.29, 1.82) is 0 Å². The Morgan fingerprint density at radius 3 is 2.24 bits per heavy atom. The van der Waals surface area contributed by atoms with E-state index in [-0.39, 0.29) is 5.92 Å². The fraction of sp³-hybridized carbons (Fsp3) is 0.571. The minimum Gasteiger partial charge on any atom is -0.388 e. The van der Waals surface area contributed by atoms with Crippen molar-refractivity contribution >= 4 is 21.8 Å². The van der Waals surface area contributed by atoms with Crippen molar-refractivity contribution in [2.75, 3.05) is 27.2 Å². The van der Waals surface area contributed by atoms with E-state index in [0.29, 0.717) is 31.0 Å². The first kappa shape index (κ1) is 16.7. The molecule has 1 N–H and O–H groups in total. The monoisotopic (exact) mass is 332 g/mol. The lowest BCUT2D eigenvalue weighted by molar-refractivity contribution is 0.0752. The predicted molar refractivity (Wildman–Crippen MR) is 83.3 cm³/mol. The Balaban J connectivity index is 1.99. The zero-order chi connectivity index (χ0) is 15.6. The minimum atomic E-state index is -3.35. The van der Waals surface area contributed by atoms with Crippen LogP contribution in [0.3, 0.4) is 0 Å². The van der Waals surface area contributed by atoms with Crippen LogP contribution < -0.4 is 0 Å². The molecule has 1 atom stereocenters. The summed E-state index contributed by atoms with van der Waals surface area (Å²) >= 11 is 5.84. The molecule has 7 heteroatoms. The topological polar surface area (TPSA) is 60.9 Å². The third kappa shape index (κ3) is 3.76. The lowest BCUT2D eigenvalue weighted by Gasteiger charge is -2.34. The second-order valence-corrected chi connectivity index (χ2v) is 8.10. The van der Waals surface area contributed by atoms with Crippen molar-refractivity contribution < 1.29 is 13.5 Å². The summed E-state index contributed by atoms with van der Waals surface area (Å²) in [6.07, 6.45) is 0.722. The van der Waals surface area contributed by atoms with Crippen LogP contribution in [0.15, 0.2) is 24.3 Å². The van der Waals surface area contributed by atoms with Crippen LogP contribution >= 0.6 is 11.6 Å². The van der Waals surface area contributed by atoms with Crippen LogP contribution in [0.4, 0.5) is 0 Å². The molecule has 1 aromatic carbocycles. The molecule has 1 saturated heterocycles. The Labute approximate surface area is 131 Å². The van der Waals surface area contributed by atoms with Gasteiger partial charge in [0.2, 0.25) is 0 Å². The SMILES string of the molecule is CN(C)S(=O)(=O)N1CCC([C@H](O)c2ccc(Cl)cc2)CC1. The highest BCUT2D eigenvalue weighted by molar-refractivity contribution is 7.86. The molecule has 0 radical (unpaired) electrons. The molecule has 1 fully saturated rings. The summed E-state index contributed by atoms with van der Waals surface area (Å²) in [5.41, 5.74) is 0.827. The molecule has 0 spiro atoms. The molecule has 1 aliphatic heterocycles. The third-order valence-corrected chi connectivity index (χ3v) is 6.14. The number of halogens is 1. The number of hydrogen-bond acceptors (Lipinski definition) is 3. The molecule has 5 nitrogen and oxygen atoms in total. The maximum atomic E-state index is 12.0. The molecule has 1 heterocycles. The highest BCUT2D eigenvalue weighted by Crippen LogP contribution is 2.32. The van der Waals surface area contributed by atoms with E-state index >= 15 is 0 Å². The van der Waals surface area contributed by atoms with Gasteiger partial charge >= 0.3 is 0 Å². The van der Waals surface area contributed by atoms with E-state index < -0.39 is 16.3 Å². The first-order valence-electron chi connectivity index (χ1n) is 6.93. The Morgan fingerprint density at radius 1 is 1.24 bits per heavy atom. The number of aliphatic hydroxyl groups excluding tert-OH is 1. The van der Waals surface area contributed by atoms with Gasteiger partial charge in [-0.1, -0.05) is 23.7 Å². The van der Waals surface area contributed by atoms with E-state index in [2.05, 4.69) is 0 Å². The van der Waals surface area contributed by atoms with E-state index in [1.807, 2.05) is 12.1 Å². The predicted octanol–water partition coefficient (Wildman–Crippen LogP) is 1.89. The zero-order valence-electron chi connectivity index (χ0n) is 12.2. The molecular weight excluding hydrogens is 312 g/mol. The van der Waals surface area contributed by atoms with Crippen LogP contribution in [0.2, 0.25) is 5.02 Å². The fourth-order valence-corrected chi connectivity index (χ4v) is 3.85. The molecule has 2 rings (SSSR count). The van der Waals surface area contributed by atoms with Crippen LogP contribution in [-0.2, 0) is 10.2 Å². The molecule has 0 saturated carbocycles. The third-order valence-electron chi connectivity index (χ3n) is 3.94. The van der Waals surface area contributed by atoms with Crippen LogP contribution in [0.1, 0.15) is 24.5 Å². The Kier molecular flexibility index (Phi) is 5.27. The van der Waals surface area contributed by atoms with Gasteiger partial charge in [0.1, 0.15) is 0 Å². The van der Waals surface area contributed by atoms with Crippen molar-refractivity contribution in [2.24, 2.45) is 5.92 Å². The summed E-state index contributed by atoms with van der Waals surface area (Å²) in [6, 6.07) is 7.14. The number of nitrogens with zero attached hydrogens (tertiary/aromatic N) is 2. The number of rotatable bonds is 4. The van der Waals surface area contributed by atoms with Crippen LogP contribution in [-0.4, -0.2) is 49.3 Å². The molecule has 1 aromatic rings. The van der Waals surface area contributed by atoms with Crippen LogP contribution in [0, 0.1) is 5.92 Å². The average molecular weight is 333 g/mol. The molecule has 0 aliphatic carbocycles. The quantitative estimate of drug-likeness (QED) is 0.916. The van der Waals surface area contributed by atoms with E-state index in [1.54, 1.807) is 12.1 Å². The lowest BCUT2D eigenvalue weighted by atomic mass is 9.88. The summed E-state index contributed by atoms with van der Waals surface area (Å²) in [7, 11) is -0.288. The van der Waals surface area contributed by atoms with Crippen LogP contribution in [0.25, 0.3) is 0 Å². The van der Waals surface area contributed by atoms with Gasteiger partial charge in [0, 0.05) is 32.2 Å². The van der Waals surface area contributed by atoms with Crippen LogP contribution in [0.5, 0.6) is 0 Å². The van der Waals surface area contributed by atoms with Gasteiger partial charge in [0.05, 0.1) is 6.10 Å². The van der Waals surface area contributed by atoms with Gasteiger partial charge in [-0.05, 0) is 36.5 Å². The summed E-state index contributed by atoms with van der Waals surface area (Å²) in [4.78, 5) is 0. The summed E-state index contributed by atoms with van der Waals surface area (Å²) < 4.78 is 26.8. The van der Waals surface area contributed by atoms with E-state index in [4.69, 9.17) is 11.6 Å². The number of aliphatic hydroxyl groups is 1. The highest BCUT2D eigenvalue weighted by atomic mass is 35.5. The first-order chi connectivity index (χ1) is 9.82. The molecule has 0 unspecified atom stereocenters. The van der Waals surface area contributed by atoms with Gasteiger partial charge in [-0.25, -0.2) is 0 Å². The molecular formula is C14H21ClN2O3S. The Morgan fingerprint density at radius 2 is 1.76 bits per heavy atom. The summed E-state index contributed by atoms with van der Waals surface area (Å²) in [6.45, 7) is 0.881. The standard InChI is InChI=1S/C14H21ClN2O3S/c1-16(2)21(19,20)17-9-7-12(8-10-17)14(18)11-3-5-13(15)6-4-11/h3-6,12,14,18H,7-10H2,1-2H3/t14-/m1/s1. The number of hydrogen-bond donors (Lipinski definition) is 1. The lowest BCUT2D eigenvalue weighted by Crippen LogP contribution is -2.45. The fourth-order valence-electron chi connectivity index (χ4n) is 2.59. The molecule has 21 heavy (non-hydrogen) atoms. The van der Waals surface area contributed by atoms with E-state index in [9.17, 15) is 13.5 Å². The maximum Gasteiger partial charge on any atom is 0.281 e. The van der Waals surface area contributed by atoms with Crippen molar-refractivity contribution in [2.45, 2.75) is 18.9 Å². The molecule has 1 aliphatic rings. The van der Waals surface area contributed by atoms with Gasteiger partial charge in [-0.15, -0.1) is 0 Å². The first-order valence-corrected chi connectivity index (χ1v) is 8.71. The number of piperidine rings is 1. The van der Waals surface area contributed by atoms with Crippen molar-refractivity contribution in [3.8, 4) is 0 Å². The molecule has 0 bridgehead atoms. The van der Waals surface area contributed by atoms with Crippen molar-refractivity contribution in [1.82, 2.24) is 8.61 Å². The molecule has 0 amide bonds. The second kappa shape index (κ2) is 6.62. The van der Waals surface area contributed by atoms with E-state index in [0.717, 1.165) is 5.56 Å². The number of benzene rings is 1. The summed E-state index contributed by atoms with van der Waals surface area (Å²) in [5.74, 6) is 0.0692. The average Bonchev–Trinajstić information content (AvgIpc) is 2.47. The maximum absolute atomic E-state index is 12.0. The van der Waals surface area contributed by atoms with Crippen molar-refractivity contribution in [3.63, 3.8) is 0 Å². The van der Waals surface area contributed by atoms with Gasteiger partial charge in [-0.2, -0.15) is 17.0 Å². The smallest absolute Gasteiger partial charge is 0.281 e. The Hall–Kier alpha value is -0.660. The van der Waals surface area contributed by atoms with Gasteiger partial charge in [0.15, 0.2) is 0 Å². The molecule has 0 aromatic heterocycles. The Bertz CT molecular complexity index is 566. The molecule has 118 valence electrons. The summed E-state index contributed by atoms with van der Waals surface area (Å²) in [5, 5.41) is 11.0. The second-order valence-electron chi connectivity index (χ2n) is 5.52. The largest absolute Gasteiger partial charge is 0.388 e. The normalized spacial score (nSPS) is 19.9. The minimum absolute atomic E-state index is 0.0692. The highest BCUT2D eigenvalue weighted by Gasteiger charge is 2.32. The van der Waals surface area contributed by atoms with Gasteiger partial charge in [0.25, 0.3) is 10.2 Å². The zero-order valence-corrected chi connectivity index (χ0v) is 13.8.